The van der Waals surface area contributed by atoms with E-state index >= 15 is 0 Å². The minimum Gasteiger partial charge on any atom is -0.349 e. The summed E-state index contributed by atoms with van der Waals surface area (Å²) in [6.07, 6.45) is 5.07. The van der Waals surface area contributed by atoms with Crippen LogP contribution in [-0.4, -0.2) is 36.2 Å². The smallest absolute Gasteiger partial charge is 0.333 e. The Labute approximate surface area is 235 Å². The zero-order valence-corrected chi connectivity index (χ0v) is 23.1. The van der Waals surface area contributed by atoms with Crippen LogP contribution in [0.5, 0.6) is 0 Å². The summed E-state index contributed by atoms with van der Waals surface area (Å²) in [5.74, 6) is 1.16. The molecule has 1 aliphatic rings. The Kier molecular flexibility index (Phi) is 6.98. The number of aromatic nitrogens is 5. The quantitative estimate of drug-likeness (QED) is 0.296. The number of hydrogen-bond donors (Lipinski definition) is 1. The van der Waals surface area contributed by atoms with Crippen LogP contribution in [0.25, 0.3) is 28.1 Å². The predicted molar refractivity (Wildman–Crippen MR) is 153 cm³/mol. The lowest BCUT2D eigenvalue weighted by Gasteiger charge is -2.29. The summed E-state index contributed by atoms with van der Waals surface area (Å²) in [6, 6.07) is 17.2. The molecule has 0 spiro atoms. The number of hydrogen-bond acceptors (Lipinski definition) is 6. The van der Waals surface area contributed by atoms with E-state index in [1.54, 1.807) is 30.7 Å². The SMILES string of the molecule is Cc1nc(-c2cccc(-n3c(=O)n(C[C@H]4CC[C@H](NC(=O)c5cc(Cl)cnc5C)CC4)c4ccccc43)c2)no1. The van der Waals surface area contributed by atoms with Crippen LogP contribution >= 0.6 is 11.6 Å². The van der Waals surface area contributed by atoms with E-state index in [2.05, 4.69) is 20.4 Å². The highest BCUT2D eigenvalue weighted by Gasteiger charge is 2.26. The molecule has 0 saturated heterocycles. The van der Waals surface area contributed by atoms with Gasteiger partial charge in [0.15, 0.2) is 0 Å². The number of imidazole rings is 1. The largest absolute Gasteiger partial charge is 0.349 e. The van der Waals surface area contributed by atoms with Gasteiger partial charge < -0.3 is 9.84 Å². The Morgan fingerprint density at radius 1 is 1.05 bits per heavy atom. The molecule has 10 heteroatoms. The van der Waals surface area contributed by atoms with E-state index in [9.17, 15) is 9.59 Å². The molecule has 1 fully saturated rings. The van der Waals surface area contributed by atoms with Crippen LogP contribution in [-0.2, 0) is 6.54 Å². The standard InChI is InChI=1S/C30H29ClN6O3/c1-18-25(15-22(31)16-32-18)29(38)34-23-12-10-20(11-13-23)17-36-26-8-3-4-9-27(26)37(30(36)39)24-7-5-6-21(14-24)28-33-19(2)40-35-28/h3-9,14-16,20,23H,10-13,17H2,1-2H3,(H,34,38)/t20-,23-. The summed E-state index contributed by atoms with van der Waals surface area (Å²) in [5.41, 5.74) is 4.35. The zero-order chi connectivity index (χ0) is 27.8. The lowest BCUT2D eigenvalue weighted by molar-refractivity contribution is 0.0919. The van der Waals surface area contributed by atoms with Gasteiger partial charge in [-0.15, -0.1) is 0 Å². The second-order valence-corrected chi connectivity index (χ2v) is 10.8. The second-order valence-electron chi connectivity index (χ2n) is 10.4. The molecular formula is C30H29ClN6O3. The zero-order valence-electron chi connectivity index (χ0n) is 22.3. The third kappa shape index (κ3) is 5.04. The number of nitrogens with zero attached hydrogens (tertiary/aromatic N) is 5. The van der Waals surface area contributed by atoms with E-state index < -0.39 is 0 Å². The third-order valence-corrected chi connectivity index (χ3v) is 7.85. The molecule has 3 aromatic heterocycles. The monoisotopic (exact) mass is 556 g/mol. The van der Waals surface area contributed by atoms with Gasteiger partial charge in [-0.05, 0) is 68.9 Å². The number of rotatable bonds is 6. The van der Waals surface area contributed by atoms with E-state index in [1.165, 1.54) is 0 Å². The molecule has 6 rings (SSSR count). The maximum absolute atomic E-state index is 13.8. The van der Waals surface area contributed by atoms with Crippen molar-refractivity contribution >= 4 is 28.5 Å². The highest BCUT2D eigenvalue weighted by atomic mass is 35.5. The van der Waals surface area contributed by atoms with Gasteiger partial charge in [0.25, 0.3) is 5.91 Å². The summed E-state index contributed by atoms with van der Waals surface area (Å²) >= 11 is 6.05. The molecule has 1 amide bonds. The van der Waals surface area contributed by atoms with Crippen molar-refractivity contribution in [2.75, 3.05) is 0 Å². The van der Waals surface area contributed by atoms with Crippen LogP contribution in [0, 0.1) is 19.8 Å². The average Bonchev–Trinajstić information content (AvgIpc) is 3.52. The number of halogens is 1. The Morgan fingerprint density at radius 3 is 2.58 bits per heavy atom. The third-order valence-electron chi connectivity index (χ3n) is 7.65. The average molecular weight is 557 g/mol. The van der Waals surface area contributed by atoms with E-state index in [-0.39, 0.29) is 17.6 Å². The molecular weight excluding hydrogens is 528 g/mol. The van der Waals surface area contributed by atoms with Crippen molar-refractivity contribution in [3.63, 3.8) is 0 Å². The molecule has 3 heterocycles. The fraction of sp³-hybridized carbons (Fsp3) is 0.300. The van der Waals surface area contributed by atoms with Crippen molar-refractivity contribution in [2.24, 2.45) is 5.92 Å². The maximum atomic E-state index is 13.8. The van der Waals surface area contributed by atoms with Crippen molar-refractivity contribution in [3.8, 4) is 17.1 Å². The second kappa shape index (κ2) is 10.7. The first-order valence-electron chi connectivity index (χ1n) is 13.4. The first-order valence-corrected chi connectivity index (χ1v) is 13.8. The van der Waals surface area contributed by atoms with Crippen LogP contribution in [0.3, 0.4) is 0 Å². The topological polar surface area (TPSA) is 108 Å². The van der Waals surface area contributed by atoms with Gasteiger partial charge in [0.05, 0.1) is 33.0 Å². The summed E-state index contributed by atoms with van der Waals surface area (Å²) in [6.45, 7) is 4.17. The van der Waals surface area contributed by atoms with Crippen molar-refractivity contribution in [3.05, 3.63) is 93.4 Å². The van der Waals surface area contributed by atoms with E-state index in [4.69, 9.17) is 16.1 Å². The maximum Gasteiger partial charge on any atom is 0.333 e. The molecule has 2 aromatic carbocycles. The van der Waals surface area contributed by atoms with Gasteiger partial charge in [-0.2, -0.15) is 4.98 Å². The van der Waals surface area contributed by atoms with Crippen LogP contribution in [0.4, 0.5) is 0 Å². The van der Waals surface area contributed by atoms with Gasteiger partial charge in [-0.1, -0.05) is 41.0 Å². The molecule has 1 N–H and O–H groups in total. The summed E-state index contributed by atoms with van der Waals surface area (Å²) < 4.78 is 8.77. The summed E-state index contributed by atoms with van der Waals surface area (Å²) in [5, 5.41) is 7.62. The Morgan fingerprint density at radius 2 is 1.82 bits per heavy atom. The minimum atomic E-state index is -0.145. The number of fused-ring (bicyclic) bond motifs is 1. The van der Waals surface area contributed by atoms with E-state index in [1.807, 2.05) is 53.1 Å². The minimum absolute atomic E-state index is 0.0803. The number of nitrogens with one attached hydrogen (secondary N) is 1. The summed E-state index contributed by atoms with van der Waals surface area (Å²) in [4.78, 5) is 35.2. The van der Waals surface area contributed by atoms with Crippen molar-refractivity contribution in [1.82, 2.24) is 29.6 Å². The number of pyridine rings is 1. The molecule has 0 aliphatic heterocycles. The van der Waals surface area contributed by atoms with Gasteiger partial charge in [-0.25, -0.2) is 4.79 Å². The molecule has 0 bridgehead atoms. The predicted octanol–water partition coefficient (Wildman–Crippen LogP) is 5.50. The van der Waals surface area contributed by atoms with E-state index in [0.29, 0.717) is 40.5 Å². The molecule has 0 atom stereocenters. The van der Waals surface area contributed by atoms with Crippen molar-refractivity contribution in [1.29, 1.82) is 0 Å². The van der Waals surface area contributed by atoms with Gasteiger partial charge in [0.1, 0.15) is 0 Å². The van der Waals surface area contributed by atoms with Crippen molar-refractivity contribution in [2.45, 2.75) is 52.1 Å². The molecule has 204 valence electrons. The van der Waals surface area contributed by atoms with Gasteiger partial charge in [0.2, 0.25) is 11.7 Å². The normalized spacial score (nSPS) is 17.3. The first-order chi connectivity index (χ1) is 19.4. The van der Waals surface area contributed by atoms with Gasteiger partial charge in [-0.3, -0.25) is 18.9 Å². The van der Waals surface area contributed by atoms with Crippen LogP contribution < -0.4 is 11.0 Å². The molecule has 0 unspecified atom stereocenters. The van der Waals surface area contributed by atoms with Crippen LogP contribution in [0.15, 0.2) is 70.1 Å². The van der Waals surface area contributed by atoms with Gasteiger partial charge in [0, 0.05) is 31.3 Å². The van der Waals surface area contributed by atoms with Gasteiger partial charge >= 0.3 is 5.69 Å². The molecule has 1 aliphatic carbocycles. The number of para-hydroxylation sites is 2. The highest BCUT2D eigenvalue weighted by molar-refractivity contribution is 6.30. The molecule has 9 nitrogen and oxygen atoms in total. The number of carbonyl (C=O) groups is 1. The fourth-order valence-corrected chi connectivity index (χ4v) is 5.74. The number of benzene rings is 2. The molecule has 0 radical (unpaired) electrons. The lowest BCUT2D eigenvalue weighted by atomic mass is 9.85. The van der Waals surface area contributed by atoms with Crippen LogP contribution in [0.2, 0.25) is 5.02 Å². The highest BCUT2D eigenvalue weighted by Crippen LogP contribution is 2.28. The molecule has 5 aromatic rings. The van der Waals surface area contributed by atoms with E-state index in [0.717, 1.165) is 48.0 Å². The Bertz CT molecular complexity index is 1760. The number of amides is 1. The first kappa shape index (κ1) is 26.0. The number of carbonyl (C=O) groups excluding carboxylic acids is 1. The Balaban J connectivity index is 1.20. The van der Waals surface area contributed by atoms with Crippen LogP contribution in [0.1, 0.15) is 47.6 Å². The molecule has 1 saturated carbocycles. The lowest BCUT2D eigenvalue weighted by Crippen LogP contribution is -2.39. The number of aryl methyl sites for hydroxylation is 2. The Hall–Kier alpha value is -4.24. The van der Waals surface area contributed by atoms with Crippen molar-refractivity contribution < 1.29 is 9.32 Å². The fourth-order valence-electron chi connectivity index (χ4n) is 5.58. The summed E-state index contributed by atoms with van der Waals surface area (Å²) in [7, 11) is 0. The molecule has 40 heavy (non-hydrogen) atoms.